The number of aliphatic carboxylic acids is 1. The maximum absolute atomic E-state index is 10.4. The number of carboxylic acids is 1. The predicted molar refractivity (Wildman–Crippen MR) is 43.5 cm³/mol. The molecule has 7 nitrogen and oxygen atoms in total. The lowest BCUT2D eigenvalue weighted by molar-refractivity contribution is -0.138. The number of hydrogen-bond donors (Lipinski definition) is 4. The van der Waals surface area contributed by atoms with Crippen molar-refractivity contribution in [2.24, 2.45) is 11.6 Å². The van der Waals surface area contributed by atoms with Gasteiger partial charge < -0.3 is 15.6 Å². The van der Waals surface area contributed by atoms with Crippen LogP contribution in [-0.2, 0) is 9.53 Å². The van der Waals surface area contributed by atoms with Gasteiger partial charge in [-0.15, -0.1) is 0 Å². The number of carbonyl (C=O) groups excluding carboxylic acids is 1. The van der Waals surface area contributed by atoms with Crippen LogP contribution >= 0.6 is 0 Å². The van der Waals surface area contributed by atoms with Gasteiger partial charge >= 0.3 is 12.1 Å². The maximum Gasteiger partial charge on any atom is 0.421 e. The Kier molecular flexibility index (Phi) is 5.57. The van der Waals surface area contributed by atoms with Crippen molar-refractivity contribution in [3.8, 4) is 0 Å². The minimum atomic E-state index is -1.07. The molecule has 0 aliphatic heterocycles. The second-order valence-corrected chi connectivity index (χ2v) is 2.37. The zero-order valence-electron chi connectivity index (χ0n) is 7.03. The van der Waals surface area contributed by atoms with Crippen LogP contribution in [0.2, 0.25) is 0 Å². The van der Waals surface area contributed by atoms with Crippen molar-refractivity contribution in [2.45, 2.75) is 18.9 Å². The predicted octanol–water partition coefficient (Wildman–Crippen LogP) is -1.22. The van der Waals surface area contributed by atoms with E-state index in [1.165, 1.54) is 0 Å². The van der Waals surface area contributed by atoms with Crippen molar-refractivity contribution in [3.63, 3.8) is 0 Å². The Hall–Kier alpha value is -1.34. The molecule has 0 radical (unpaired) electrons. The van der Waals surface area contributed by atoms with E-state index in [-0.39, 0.29) is 13.0 Å². The van der Waals surface area contributed by atoms with E-state index in [0.29, 0.717) is 6.42 Å². The largest absolute Gasteiger partial charge is 0.480 e. The van der Waals surface area contributed by atoms with Crippen LogP contribution in [0.15, 0.2) is 0 Å². The van der Waals surface area contributed by atoms with E-state index >= 15 is 0 Å². The maximum atomic E-state index is 10.4. The molecule has 0 bridgehead atoms. The molecule has 0 fully saturated rings. The number of carbonyl (C=O) groups is 2. The molecule has 0 aromatic rings. The van der Waals surface area contributed by atoms with Crippen LogP contribution in [0.25, 0.3) is 0 Å². The summed E-state index contributed by atoms with van der Waals surface area (Å²) in [5.74, 6) is 3.65. The van der Waals surface area contributed by atoms with Gasteiger partial charge in [0.05, 0.1) is 6.61 Å². The molecule has 1 amide bonds. The van der Waals surface area contributed by atoms with E-state index in [2.05, 4.69) is 4.74 Å². The first-order chi connectivity index (χ1) is 6.07. The number of hydrazine groups is 1. The summed E-state index contributed by atoms with van der Waals surface area (Å²) in [7, 11) is 0. The molecular formula is C6H13N3O4. The van der Waals surface area contributed by atoms with Crippen LogP contribution in [-0.4, -0.2) is 29.8 Å². The van der Waals surface area contributed by atoms with Crippen molar-refractivity contribution < 1.29 is 19.4 Å². The Morgan fingerprint density at radius 3 is 2.62 bits per heavy atom. The van der Waals surface area contributed by atoms with Crippen LogP contribution in [0.4, 0.5) is 4.79 Å². The average molecular weight is 191 g/mol. The molecule has 0 unspecified atom stereocenters. The minimum absolute atomic E-state index is 0.101. The van der Waals surface area contributed by atoms with Crippen LogP contribution in [0.5, 0.6) is 0 Å². The van der Waals surface area contributed by atoms with E-state index in [4.69, 9.17) is 16.7 Å². The first kappa shape index (κ1) is 11.7. The second-order valence-electron chi connectivity index (χ2n) is 2.37. The van der Waals surface area contributed by atoms with Crippen LogP contribution in [0.1, 0.15) is 12.8 Å². The van der Waals surface area contributed by atoms with Crippen molar-refractivity contribution in [2.75, 3.05) is 6.61 Å². The normalized spacial score (nSPS) is 11.8. The van der Waals surface area contributed by atoms with Crippen LogP contribution in [0, 0.1) is 0 Å². The standard InChI is InChI=1S/C6H13N3O4/c7-4(5(10)11)2-1-3-13-6(12)9-8/h4H,1-3,7-8H2,(H,9,12)(H,10,11)/t4-/m0/s1. The molecular weight excluding hydrogens is 178 g/mol. The highest BCUT2D eigenvalue weighted by atomic mass is 16.5. The number of hydrogen-bond acceptors (Lipinski definition) is 5. The lowest BCUT2D eigenvalue weighted by Gasteiger charge is -2.06. The van der Waals surface area contributed by atoms with Gasteiger partial charge in [-0.2, -0.15) is 0 Å². The molecule has 0 aliphatic carbocycles. The van der Waals surface area contributed by atoms with Crippen molar-refractivity contribution in [3.05, 3.63) is 0 Å². The molecule has 0 aliphatic rings. The summed E-state index contributed by atoms with van der Waals surface area (Å²) in [6.45, 7) is 0.101. The van der Waals surface area contributed by atoms with Gasteiger partial charge in [0.2, 0.25) is 0 Å². The zero-order chi connectivity index (χ0) is 10.3. The topological polar surface area (TPSA) is 128 Å². The van der Waals surface area contributed by atoms with E-state index in [0.717, 1.165) is 0 Å². The Morgan fingerprint density at radius 1 is 1.54 bits per heavy atom. The monoisotopic (exact) mass is 191 g/mol. The summed E-state index contributed by atoms with van der Waals surface area (Å²) >= 11 is 0. The fraction of sp³-hybridized carbons (Fsp3) is 0.667. The molecule has 0 aromatic heterocycles. The van der Waals surface area contributed by atoms with Gasteiger partial charge in [0.1, 0.15) is 6.04 Å². The average Bonchev–Trinajstić information content (AvgIpc) is 2.11. The Bertz CT molecular complexity index is 185. The van der Waals surface area contributed by atoms with Crippen molar-refractivity contribution in [1.82, 2.24) is 5.43 Å². The first-order valence-corrected chi connectivity index (χ1v) is 3.69. The molecule has 0 saturated heterocycles. The third kappa shape index (κ3) is 5.88. The molecule has 76 valence electrons. The summed E-state index contributed by atoms with van der Waals surface area (Å²) in [6.07, 6.45) is -0.0995. The zero-order valence-corrected chi connectivity index (χ0v) is 7.03. The van der Waals surface area contributed by atoms with Gasteiger partial charge in [0, 0.05) is 0 Å². The summed E-state index contributed by atoms with van der Waals surface area (Å²) in [5, 5.41) is 8.37. The molecule has 13 heavy (non-hydrogen) atoms. The molecule has 7 heteroatoms. The van der Waals surface area contributed by atoms with Gasteiger partial charge in [-0.3, -0.25) is 10.2 Å². The van der Waals surface area contributed by atoms with Gasteiger partial charge in [0.25, 0.3) is 0 Å². The fourth-order valence-electron chi connectivity index (χ4n) is 0.633. The number of nitrogens with one attached hydrogen (secondary N) is 1. The molecule has 0 saturated carbocycles. The second kappa shape index (κ2) is 6.21. The molecule has 0 rings (SSSR count). The smallest absolute Gasteiger partial charge is 0.421 e. The molecule has 6 N–H and O–H groups in total. The van der Waals surface area contributed by atoms with Crippen molar-refractivity contribution >= 4 is 12.1 Å². The molecule has 0 aromatic carbocycles. The Balaban J connectivity index is 3.35. The van der Waals surface area contributed by atoms with E-state index in [9.17, 15) is 9.59 Å². The lowest BCUT2D eigenvalue weighted by atomic mass is 10.2. The highest BCUT2D eigenvalue weighted by molar-refractivity contribution is 5.72. The van der Waals surface area contributed by atoms with Crippen LogP contribution < -0.4 is 17.0 Å². The van der Waals surface area contributed by atoms with Crippen molar-refractivity contribution in [1.29, 1.82) is 0 Å². The van der Waals surface area contributed by atoms with Crippen LogP contribution in [0.3, 0.4) is 0 Å². The van der Waals surface area contributed by atoms with Gasteiger partial charge in [-0.1, -0.05) is 0 Å². The minimum Gasteiger partial charge on any atom is -0.480 e. The Labute approximate surface area is 75.0 Å². The van der Waals surface area contributed by atoms with E-state index in [1.54, 1.807) is 5.43 Å². The number of carboxylic acid groups (broad SMARTS) is 1. The SMILES string of the molecule is NNC(=O)OCCC[C@H](N)C(=O)O. The third-order valence-corrected chi connectivity index (χ3v) is 1.33. The van der Waals surface area contributed by atoms with Gasteiger partial charge in [-0.05, 0) is 12.8 Å². The quantitative estimate of drug-likeness (QED) is 0.186. The molecule has 0 heterocycles. The summed E-state index contributed by atoms with van der Waals surface area (Å²) in [4.78, 5) is 20.6. The van der Waals surface area contributed by atoms with Gasteiger partial charge in [0.15, 0.2) is 0 Å². The number of rotatable bonds is 5. The fourth-order valence-corrected chi connectivity index (χ4v) is 0.633. The number of ether oxygens (including phenoxy) is 1. The molecule has 1 atom stereocenters. The first-order valence-electron chi connectivity index (χ1n) is 3.69. The van der Waals surface area contributed by atoms with Gasteiger partial charge in [-0.25, -0.2) is 10.6 Å². The Morgan fingerprint density at radius 2 is 2.15 bits per heavy atom. The summed E-state index contributed by atoms with van der Waals surface area (Å²) in [6, 6.07) is -0.912. The molecule has 0 spiro atoms. The van der Waals surface area contributed by atoms with E-state index in [1.807, 2.05) is 0 Å². The number of nitrogens with two attached hydrogens (primary N) is 2. The highest BCUT2D eigenvalue weighted by Gasteiger charge is 2.10. The summed E-state index contributed by atoms with van der Waals surface area (Å²) < 4.78 is 4.50. The summed E-state index contributed by atoms with van der Waals surface area (Å²) in [5.41, 5.74) is 6.95. The number of amides is 1. The highest BCUT2D eigenvalue weighted by Crippen LogP contribution is 1.95. The lowest BCUT2D eigenvalue weighted by Crippen LogP contribution is -2.32. The third-order valence-electron chi connectivity index (χ3n) is 1.33. The van der Waals surface area contributed by atoms with E-state index < -0.39 is 18.1 Å².